The maximum absolute atomic E-state index is 0. The van der Waals surface area contributed by atoms with E-state index >= 15 is 0 Å². The Balaban J connectivity index is 0. The molecule has 0 saturated carbocycles. The van der Waals surface area contributed by atoms with Gasteiger partial charge in [0.15, 0.2) is 0 Å². The molecule has 0 nitrogen and oxygen atoms in total. The Hall–Kier alpha value is 3.57. The van der Waals surface area contributed by atoms with Crippen molar-refractivity contribution >= 4 is 70.2 Å². The molecule has 0 saturated heterocycles. The Morgan fingerprint density at radius 1 is 1.00 bits per heavy atom. The summed E-state index contributed by atoms with van der Waals surface area (Å²) in [5.41, 5.74) is 0. The van der Waals surface area contributed by atoms with Crippen LogP contribution in [-0.2, 0) is 39.4 Å². The molecule has 0 heterocycles. The van der Waals surface area contributed by atoms with Crippen molar-refractivity contribution in [3.63, 3.8) is 0 Å². The van der Waals surface area contributed by atoms with Gasteiger partial charge in [0.25, 0.3) is 0 Å². The summed E-state index contributed by atoms with van der Waals surface area (Å²) in [7, 11) is 0. The Kier molecular flexibility index (Phi) is 198. The van der Waals surface area contributed by atoms with E-state index in [0.717, 1.165) is 0 Å². The van der Waals surface area contributed by atoms with Crippen LogP contribution in [0.4, 0.5) is 0 Å². The summed E-state index contributed by atoms with van der Waals surface area (Å²) in [6.07, 6.45) is 0. The molecular formula is H4AuCuInSeTl. The van der Waals surface area contributed by atoms with Crippen LogP contribution >= 0.6 is 0 Å². The molecule has 0 rings (SSSR count). The molecule has 4 radical (unpaired) electrons. The van der Waals surface area contributed by atoms with Crippen molar-refractivity contribution in [2.75, 3.05) is 0 Å². The van der Waals surface area contributed by atoms with Gasteiger partial charge >= 0.3 is 42.9 Å². The van der Waals surface area contributed by atoms with Crippen LogP contribution in [0.3, 0.4) is 0 Å². The van der Waals surface area contributed by atoms with Gasteiger partial charge in [-0.2, -0.15) is 0 Å². The molecule has 38 valence electrons. The van der Waals surface area contributed by atoms with Crippen molar-refractivity contribution < 1.29 is 39.4 Å². The van der Waals surface area contributed by atoms with Crippen molar-refractivity contribution in [3.8, 4) is 0 Å². The minimum absolute atomic E-state index is 0. The molecule has 5 heteroatoms. The number of hydrogen-bond acceptors (Lipinski definition) is 0. The third-order valence-corrected chi connectivity index (χ3v) is 0. The van der Waals surface area contributed by atoms with Crippen LogP contribution in [-0.4, -0.2) is 70.2 Å². The zero-order chi connectivity index (χ0) is 0. The van der Waals surface area contributed by atoms with Crippen LogP contribution in [0.15, 0.2) is 0 Å². The summed E-state index contributed by atoms with van der Waals surface area (Å²) in [5.74, 6) is 0. The molecule has 0 aromatic heterocycles. The van der Waals surface area contributed by atoms with Crippen LogP contribution in [0, 0.1) is 0 Å². The van der Waals surface area contributed by atoms with E-state index in [1.54, 1.807) is 0 Å². The summed E-state index contributed by atoms with van der Waals surface area (Å²) in [6, 6.07) is 0. The summed E-state index contributed by atoms with van der Waals surface area (Å²) in [4.78, 5) is 0. The average molecular weight is 663 g/mol. The van der Waals surface area contributed by atoms with E-state index in [1.165, 1.54) is 0 Å². The largest absolute Gasteiger partial charge is 0 e. The van der Waals surface area contributed by atoms with Gasteiger partial charge in [-0.25, -0.2) is 0 Å². The van der Waals surface area contributed by atoms with E-state index in [4.69, 9.17) is 0 Å². The summed E-state index contributed by atoms with van der Waals surface area (Å²) < 4.78 is 0. The Morgan fingerprint density at radius 3 is 1.00 bits per heavy atom. The van der Waals surface area contributed by atoms with Gasteiger partial charge in [-0.15, -0.1) is 0 Å². The second-order valence-electron chi connectivity index (χ2n) is 0. The predicted octanol–water partition coefficient (Wildman–Crippen LogP) is -2.22. The third-order valence-electron chi connectivity index (χ3n) is 0. The first kappa shape index (κ1) is 38.5. The zero-order valence-corrected chi connectivity index (χ0v) is 11.1. The van der Waals surface area contributed by atoms with Crippen LogP contribution in [0.5, 0.6) is 0 Å². The molecule has 0 aliphatic carbocycles. The molecule has 0 spiro atoms. The molecule has 0 atom stereocenters. The maximum atomic E-state index is 0. The molecular weight excluding hydrogens is 659 g/mol. The number of hydrogen-bond donors (Lipinski definition) is 0. The molecule has 0 bridgehead atoms. The van der Waals surface area contributed by atoms with Gasteiger partial charge in [-0.1, -0.05) is 0 Å². The van der Waals surface area contributed by atoms with E-state index in [2.05, 4.69) is 0 Å². The Labute approximate surface area is 107 Å². The molecule has 0 aromatic rings. The quantitative estimate of drug-likeness (QED) is 0.258. The van der Waals surface area contributed by atoms with Crippen molar-refractivity contribution in [2.24, 2.45) is 0 Å². The fraction of sp³-hybridized carbons (Fsp3) is 0. The standard InChI is InChI=1S/Au.Cu.In.HSe.Tl.3H/h;;;1H;;;;. The average Bonchev–Trinajstić information content (AvgIpc) is 0. The minimum atomic E-state index is 0. The molecule has 5 heavy (non-hydrogen) atoms. The molecule has 0 aliphatic heterocycles. The molecule has 0 N–H and O–H groups in total. The zero-order valence-electron chi connectivity index (χ0n) is 1.63. The van der Waals surface area contributed by atoms with Crippen LogP contribution in [0.2, 0.25) is 0 Å². The molecule has 0 aromatic carbocycles. The fourth-order valence-corrected chi connectivity index (χ4v) is 0. The maximum Gasteiger partial charge on any atom is 0 e. The van der Waals surface area contributed by atoms with E-state index in [1.807, 2.05) is 0 Å². The second-order valence-corrected chi connectivity index (χ2v) is 0. The van der Waals surface area contributed by atoms with Gasteiger partial charge in [0.05, 0.1) is 0 Å². The fourth-order valence-electron chi connectivity index (χ4n) is 0. The van der Waals surface area contributed by atoms with Gasteiger partial charge in [0.1, 0.15) is 0 Å². The van der Waals surface area contributed by atoms with E-state index in [-0.39, 0.29) is 110 Å². The predicted molar refractivity (Wildman–Crippen MR) is 22.8 cm³/mol. The van der Waals surface area contributed by atoms with Gasteiger partial charge in [0.2, 0.25) is 0 Å². The van der Waals surface area contributed by atoms with Crippen LogP contribution in [0.1, 0.15) is 0 Å². The van der Waals surface area contributed by atoms with Crippen molar-refractivity contribution in [2.45, 2.75) is 0 Å². The molecule has 0 unspecified atom stereocenters. The van der Waals surface area contributed by atoms with Gasteiger partial charge in [-0.05, 0) is 0 Å². The Bertz CT molecular complexity index is 11.6. The van der Waals surface area contributed by atoms with Crippen molar-refractivity contribution in [1.82, 2.24) is 0 Å². The first-order chi connectivity index (χ1) is 0. The first-order valence-electron chi connectivity index (χ1n) is 0. The van der Waals surface area contributed by atoms with E-state index < -0.39 is 0 Å². The minimum Gasteiger partial charge on any atom is 0 e. The second kappa shape index (κ2) is 25.6. The smallest absolute Gasteiger partial charge is 0 e. The summed E-state index contributed by atoms with van der Waals surface area (Å²) in [5, 5.41) is 0. The third kappa shape index (κ3) is 18.4. The normalized spacial score (nSPS) is 0. The molecule has 0 aliphatic rings. The Morgan fingerprint density at radius 2 is 1.00 bits per heavy atom. The monoisotopic (exact) mass is 664 g/mol. The molecule has 0 fully saturated rings. The van der Waals surface area contributed by atoms with Gasteiger partial charge < -0.3 is 0 Å². The van der Waals surface area contributed by atoms with Crippen LogP contribution in [0.25, 0.3) is 0 Å². The SMILES string of the molecule is [Au].[Cu].[InH3].[SeH].[Tl]. The molecule has 0 amide bonds. The van der Waals surface area contributed by atoms with Crippen molar-refractivity contribution in [1.29, 1.82) is 0 Å². The van der Waals surface area contributed by atoms with Crippen molar-refractivity contribution in [3.05, 3.63) is 0 Å². The van der Waals surface area contributed by atoms with Gasteiger partial charge in [-0.3, -0.25) is 0 Å². The van der Waals surface area contributed by atoms with E-state index in [9.17, 15) is 0 Å². The van der Waals surface area contributed by atoms with Crippen LogP contribution < -0.4 is 0 Å². The van der Waals surface area contributed by atoms with E-state index in [0.29, 0.717) is 0 Å². The summed E-state index contributed by atoms with van der Waals surface area (Å²) in [6.45, 7) is 0. The van der Waals surface area contributed by atoms with Gasteiger partial charge in [0, 0.05) is 66.7 Å². The first-order valence-corrected chi connectivity index (χ1v) is 0. The topological polar surface area (TPSA) is 0 Å². The number of rotatable bonds is 0. The summed E-state index contributed by atoms with van der Waals surface area (Å²) >= 11 is 0.